The van der Waals surface area contributed by atoms with E-state index in [1.807, 2.05) is 12.1 Å². The Morgan fingerprint density at radius 3 is 2.50 bits per heavy atom. The summed E-state index contributed by atoms with van der Waals surface area (Å²) in [5.41, 5.74) is 7.46. The van der Waals surface area contributed by atoms with Gasteiger partial charge < -0.3 is 21.1 Å². The SMILES string of the molecule is C[Si](C)(C)CCOC(=O)/N=C(\N)c1ccc(CNC(=O)[C@@H]2CCN2)cc1. The number of hydrogen-bond donors (Lipinski definition) is 3. The van der Waals surface area contributed by atoms with E-state index in [0.717, 1.165) is 24.6 Å². The number of nitrogens with zero attached hydrogens (tertiary/aromatic N) is 1. The highest BCUT2D eigenvalue weighted by Gasteiger charge is 2.23. The molecular formula is C18H28N4O3Si. The van der Waals surface area contributed by atoms with Crippen LogP contribution in [0.3, 0.4) is 0 Å². The Morgan fingerprint density at radius 1 is 1.31 bits per heavy atom. The summed E-state index contributed by atoms with van der Waals surface area (Å²) in [6.07, 6.45) is 0.219. The fraction of sp³-hybridized carbons (Fsp3) is 0.500. The molecule has 26 heavy (non-hydrogen) atoms. The molecule has 1 aliphatic rings. The Labute approximate surface area is 155 Å². The number of carbonyl (C=O) groups is 2. The second kappa shape index (κ2) is 8.95. The summed E-state index contributed by atoms with van der Waals surface area (Å²) < 4.78 is 5.11. The second-order valence-corrected chi connectivity index (χ2v) is 13.3. The Bertz CT molecular complexity index is 664. The topological polar surface area (TPSA) is 106 Å². The molecule has 1 saturated heterocycles. The Kier molecular flexibility index (Phi) is 6.93. The van der Waals surface area contributed by atoms with Crippen LogP contribution in [0.2, 0.25) is 25.7 Å². The van der Waals surface area contributed by atoms with Crippen LogP contribution in [0.25, 0.3) is 0 Å². The summed E-state index contributed by atoms with van der Waals surface area (Å²) in [6.45, 7) is 8.36. The van der Waals surface area contributed by atoms with Gasteiger partial charge in [-0.2, -0.15) is 4.99 Å². The molecule has 0 aromatic heterocycles. The molecule has 0 saturated carbocycles. The predicted molar refractivity (Wildman–Crippen MR) is 105 cm³/mol. The van der Waals surface area contributed by atoms with E-state index < -0.39 is 14.2 Å². The van der Waals surface area contributed by atoms with Crippen LogP contribution in [0, 0.1) is 0 Å². The number of hydrogen-bond acceptors (Lipinski definition) is 4. The fourth-order valence-electron chi connectivity index (χ4n) is 2.26. The molecule has 0 bridgehead atoms. The normalized spacial score (nSPS) is 17.3. The average Bonchev–Trinajstić information content (AvgIpc) is 2.50. The van der Waals surface area contributed by atoms with Gasteiger partial charge >= 0.3 is 6.09 Å². The number of amides is 2. The lowest BCUT2D eigenvalue weighted by Crippen LogP contribution is -2.52. The van der Waals surface area contributed by atoms with Gasteiger partial charge in [-0.25, -0.2) is 4.79 Å². The van der Waals surface area contributed by atoms with E-state index >= 15 is 0 Å². The standard InChI is InChI=1S/C18H28N4O3Si/c1-26(2,3)11-10-25-18(24)22-16(19)14-6-4-13(5-7-14)12-21-17(23)15-8-9-20-15/h4-7,15,20H,8-12H2,1-3H3,(H,21,23)(H2,19,22,24)/t15-/m0/s1. The van der Waals surface area contributed by atoms with E-state index in [1.165, 1.54) is 0 Å². The van der Waals surface area contributed by atoms with E-state index in [1.54, 1.807) is 12.1 Å². The maximum absolute atomic E-state index is 11.8. The first kappa shape index (κ1) is 20.1. The zero-order valence-corrected chi connectivity index (χ0v) is 16.7. The molecule has 1 aromatic rings. The summed E-state index contributed by atoms with van der Waals surface area (Å²) in [4.78, 5) is 27.3. The molecule has 1 aliphatic heterocycles. The van der Waals surface area contributed by atoms with Crippen LogP contribution >= 0.6 is 0 Å². The van der Waals surface area contributed by atoms with Crippen LogP contribution in [0.5, 0.6) is 0 Å². The molecule has 2 rings (SSSR count). The van der Waals surface area contributed by atoms with Crippen molar-refractivity contribution in [1.29, 1.82) is 0 Å². The van der Waals surface area contributed by atoms with Crippen LogP contribution in [0.1, 0.15) is 17.5 Å². The van der Waals surface area contributed by atoms with Crippen molar-refractivity contribution in [3.05, 3.63) is 35.4 Å². The van der Waals surface area contributed by atoms with E-state index in [0.29, 0.717) is 18.7 Å². The van der Waals surface area contributed by atoms with Crippen molar-refractivity contribution >= 4 is 25.9 Å². The first-order valence-electron chi connectivity index (χ1n) is 8.86. The highest BCUT2D eigenvalue weighted by molar-refractivity contribution is 6.76. The molecule has 142 valence electrons. The highest BCUT2D eigenvalue weighted by atomic mass is 28.3. The van der Waals surface area contributed by atoms with Gasteiger partial charge in [0.2, 0.25) is 5.91 Å². The van der Waals surface area contributed by atoms with Crippen LogP contribution in [-0.4, -0.2) is 45.1 Å². The summed E-state index contributed by atoms with van der Waals surface area (Å²) in [5, 5.41) is 5.94. The highest BCUT2D eigenvalue weighted by Crippen LogP contribution is 2.09. The molecule has 0 aliphatic carbocycles. The van der Waals surface area contributed by atoms with Gasteiger partial charge in [0.05, 0.1) is 12.6 Å². The van der Waals surface area contributed by atoms with E-state index in [4.69, 9.17) is 10.5 Å². The van der Waals surface area contributed by atoms with Crippen LogP contribution in [0.15, 0.2) is 29.3 Å². The minimum absolute atomic E-state index is 0.0162. The quantitative estimate of drug-likeness (QED) is 0.382. The Balaban J connectivity index is 1.81. The molecule has 1 heterocycles. The summed E-state index contributed by atoms with van der Waals surface area (Å²) >= 11 is 0. The third kappa shape index (κ3) is 6.60. The lowest BCUT2D eigenvalue weighted by Gasteiger charge is -2.26. The largest absolute Gasteiger partial charge is 0.448 e. The zero-order chi connectivity index (χ0) is 19.2. The van der Waals surface area contributed by atoms with Crippen LogP contribution in [-0.2, 0) is 16.1 Å². The van der Waals surface area contributed by atoms with Gasteiger partial charge in [-0.3, -0.25) is 4.79 Å². The van der Waals surface area contributed by atoms with Crippen molar-refractivity contribution in [2.75, 3.05) is 13.2 Å². The molecule has 1 atom stereocenters. The van der Waals surface area contributed by atoms with Gasteiger partial charge in [-0.05, 0) is 24.6 Å². The van der Waals surface area contributed by atoms with E-state index in [2.05, 4.69) is 35.3 Å². The third-order valence-corrected chi connectivity index (χ3v) is 5.85. The maximum atomic E-state index is 11.8. The number of nitrogens with one attached hydrogen (secondary N) is 2. The minimum atomic E-state index is -1.25. The number of rotatable bonds is 7. The first-order chi connectivity index (χ1) is 12.2. The lowest BCUT2D eigenvalue weighted by molar-refractivity contribution is -0.124. The van der Waals surface area contributed by atoms with Gasteiger partial charge in [0, 0.05) is 20.2 Å². The second-order valence-electron chi connectivity index (χ2n) is 7.63. The van der Waals surface area contributed by atoms with Gasteiger partial charge in [0.25, 0.3) is 0 Å². The van der Waals surface area contributed by atoms with Gasteiger partial charge in [-0.15, -0.1) is 0 Å². The van der Waals surface area contributed by atoms with Gasteiger partial charge in [0.15, 0.2) is 0 Å². The Morgan fingerprint density at radius 2 is 1.96 bits per heavy atom. The van der Waals surface area contributed by atoms with Crippen molar-refractivity contribution in [2.45, 2.75) is 44.7 Å². The van der Waals surface area contributed by atoms with Crippen molar-refractivity contribution in [2.24, 2.45) is 10.7 Å². The number of benzene rings is 1. The molecular weight excluding hydrogens is 348 g/mol. The molecule has 4 N–H and O–H groups in total. The van der Waals surface area contributed by atoms with Crippen LogP contribution < -0.4 is 16.4 Å². The molecule has 2 amide bonds. The molecule has 1 aromatic carbocycles. The lowest BCUT2D eigenvalue weighted by atomic mass is 10.1. The monoisotopic (exact) mass is 376 g/mol. The summed E-state index contributed by atoms with van der Waals surface area (Å²) in [7, 11) is -1.25. The molecule has 0 spiro atoms. The first-order valence-corrected chi connectivity index (χ1v) is 12.6. The number of aliphatic imine (C=N–C) groups is 1. The number of amidine groups is 1. The predicted octanol–water partition coefficient (Wildman–Crippen LogP) is 1.84. The zero-order valence-electron chi connectivity index (χ0n) is 15.7. The summed E-state index contributed by atoms with van der Waals surface area (Å²) in [6, 6.07) is 8.08. The molecule has 8 heteroatoms. The maximum Gasteiger partial charge on any atom is 0.435 e. The minimum Gasteiger partial charge on any atom is -0.448 e. The van der Waals surface area contributed by atoms with E-state index in [-0.39, 0.29) is 17.8 Å². The van der Waals surface area contributed by atoms with Crippen LogP contribution in [0.4, 0.5) is 4.79 Å². The van der Waals surface area contributed by atoms with Crippen molar-refractivity contribution < 1.29 is 14.3 Å². The average molecular weight is 377 g/mol. The third-order valence-electron chi connectivity index (χ3n) is 4.15. The molecule has 1 fully saturated rings. The molecule has 0 radical (unpaired) electrons. The number of carbonyl (C=O) groups excluding carboxylic acids is 2. The fourth-order valence-corrected chi connectivity index (χ4v) is 2.97. The smallest absolute Gasteiger partial charge is 0.435 e. The van der Waals surface area contributed by atoms with Gasteiger partial charge in [0.1, 0.15) is 5.84 Å². The molecule has 0 unspecified atom stereocenters. The summed E-state index contributed by atoms with van der Waals surface area (Å²) in [5.74, 6) is 0.139. The molecule has 7 nitrogen and oxygen atoms in total. The van der Waals surface area contributed by atoms with Gasteiger partial charge in [-0.1, -0.05) is 43.9 Å². The van der Waals surface area contributed by atoms with Crippen molar-refractivity contribution in [1.82, 2.24) is 10.6 Å². The number of ether oxygens (including phenoxy) is 1. The van der Waals surface area contributed by atoms with Crippen molar-refractivity contribution in [3.63, 3.8) is 0 Å². The Hall–Kier alpha value is -2.19. The van der Waals surface area contributed by atoms with Crippen molar-refractivity contribution in [3.8, 4) is 0 Å². The van der Waals surface area contributed by atoms with E-state index in [9.17, 15) is 9.59 Å². The number of nitrogens with two attached hydrogens (primary N) is 1.